The van der Waals surface area contributed by atoms with Gasteiger partial charge in [0.15, 0.2) is 0 Å². The maximum atomic E-state index is 6.33. The Hall–Kier alpha value is -0.250. The van der Waals surface area contributed by atoms with Gasteiger partial charge in [-0.1, -0.05) is 25.4 Å². The molecule has 0 aliphatic carbocycles. The van der Waals surface area contributed by atoms with Crippen molar-refractivity contribution in [1.82, 2.24) is 5.32 Å². The molecule has 1 fully saturated rings. The molecule has 0 amide bonds. The van der Waals surface area contributed by atoms with E-state index in [1.807, 2.05) is 6.92 Å². The van der Waals surface area contributed by atoms with Crippen LogP contribution in [0, 0.1) is 6.92 Å². The summed E-state index contributed by atoms with van der Waals surface area (Å²) < 4.78 is 1.13. The average molecular weight is 360 g/mol. The van der Waals surface area contributed by atoms with Crippen molar-refractivity contribution in [2.45, 2.75) is 52.1 Å². The van der Waals surface area contributed by atoms with Crippen molar-refractivity contribution in [2.75, 3.05) is 18.0 Å². The van der Waals surface area contributed by atoms with Crippen LogP contribution in [0.2, 0.25) is 5.02 Å². The van der Waals surface area contributed by atoms with E-state index in [2.05, 4.69) is 59.1 Å². The molecular weight excluding hydrogens is 336 g/mol. The first-order valence-corrected chi connectivity index (χ1v) is 8.57. The van der Waals surface area contributed by atoms with Gasteiger partial charge in [-0.3, -0.25) is 0 Å². The molecule has 0 bridgehead atoms. The molecule has 20 heavy (non-hydrogen) atoms. The minimum atomic E-state index is 0.212. The monoisotopic (exact) mass is 358 g/mol. The van der Waals surface area contributed by atoms with Gasteiger partial charge in [-0.2, -0.15) is 0 Å². The minimum absolute atomic E-state index is 0.212. The van der Waals surface area contributed by atoms with E-state index in [0.29, 0.717) is 6.04 Å². The van der Waals surface area contributed by atoms with Crippen molar-refractivity contribution in [3.05, 3.63) is 27.2 Å². The lowest BCUT2D eigenvalue weighted by molar-refractivity contribution is 0.253. The second kappa shape index (κ2) is 6.25. The Morgan fingerprint density at radius 3 is 2.65 bits per heavy atom. The normalized spacial score (nSPS) is 22.1. The Balaban J connectivity index is 2.37. The zero-order valence-corrected chi connectivity index (χ0v) is 15.1. The van der Waals surface area contributed by atoms with E-state index in [9.17, 15) is 0 Å². The topological polar surface area (TPSA) is 15.3 Å². The first-order chi connectivity index (χ1) is 9.42. The fourth-order valence-corrected chi connectivity index (χ4v) is 3.76. The molecule has 1 aliphatic heterocycles. The molecule has 0 aromatic heterocycles. The van der Waals surface area contributed by atoms with Crippen molar-refractivity contribution < 1.29 is 0 Å². The van der Waals surface area contributed by atoms with Crippen LogP contribution in [0.1, 0.15) is 39.2 Å². The lowest BCUT2D eigenvalue weighted by Crippen LogP contribution is -2.63. The van der Waals surface area contributed by atoms with Gasteiger partial charge in [0.1, 0.15) is 0 Å². The van der Waals surface area contributed by atoms with E-state index in [-0.39, 0.29) is 5.54 Å². The molecule has 1 aromatic carbocycles. The number of hydrogen-bond acceptors (Lipinski definition) is 2. The lowest BCUT2D eigenvalue weighted by Gasteiger charge is -2.48. The van der Waals surface area contributed by atoms with Gasteiger partial charge in [-0.15, -0.1) is 0 Å². The van der Waals surface area contributed by atoms with Gasteiger partial charge in [-0.25, -0.2) is 0 Å². The molecule has 1 saturated heterocycles. The Morgan fingerprint density at radius 1 is 1.40 bits per heavy atom. The van der Waals surface area contributed by atoms with Gasteiger partial charge in [0.2, 0.25) is 0 Å². The predicted octanol–water partition coefficient (Wildman–Crippen LogP) is 4.77. The largest absolute Gasteiger partial charge is 0.365 e. The summed E-state index contributed by atoms with van der Waals surface area (Å²) in [7, 11) is 0. The van der Waals surface area contributed by atoms with Gasteiger partial charge >= 0.3 is 0 Å². The predicted molar refractivity (Wildman–Crippen MR) is 92.0 cm³/mol. The lowest BCUT2D eigenvalue weighted by atomic mass is 9.88. The Morgan fingerprint density at radius 2 is 2.05 bits per heavy atom. The average Bonchev–Trinajstić information content (AvgIpc) is 2.44. The molecule has 2 rings (SSSR count). The molecule has 4 heteroatoms. The number of nitrogens with zero attached hydrogens (tertiary/aromatic N) is 1. The van der Waals surface area contributed by atoms with Crippen LogP contribution in [0.15, 0.2) is 16.6 Å². The number of benzene rings is 1. The summed E-state index contributed by atoms with van der Waals surface area (Å²) >= 11 is 10.0. The highest BCUT2D eigenvalue weighted by Gasteiger charge is 2.35. The van der Waals surface area contributed by atoms with Crippen LogP contribution in [0.5, 0.6) is 0 Å². The van der Waals surface area contributed by atoms with Crippen LogP contribution < -0.4 is 10.2 Å². The number of hydrogen-bond donors (Lipinski definition) is 1. The zero-order chi connectivity index (χ0) is 14.9. The van der Waals surface area contributed by atoms with E-state index >= 15 is 0 Å². The third-order valence-corrected chi connectivity index (χ3v) is 5.71. The van der Waals surface area contributed by atoms with Crippen LogP contribution in [0.25, 0.3) is 0 Å². The SMILES string of the molecule is CCC1(CC)CN(c2cc(Cl)c(C)cc2Br)C(C)CN1. The number of nitrogens with one attached hydrogen (secondary N) is 1. The van der Waals surface area contributed by atoms with Crippen molar-refractivity contribution in [2.24, 2.45) is 0 Å². The second-order valence-electron chi connectivity index (χ2n) is 5.90. The summed E-state index contributed by atoms with van der Waals surface area (Å²) in [5, 5.41) is 4.58. The molecule has 112 valence electrons. The van der Waals surface area contributed by atoms with E-state index in [0.717, 1.165) is 41.0 Å². The molecule has 1 unspecified atom stereocenters. The first-order valence-electron chi connectivity index (χ1n) is 7.39. The third-order valence-electron chi connectivity index (χ3n) is 4.67. The molecule has 0 spiro atoms. The van der Waals surface area contributed by atoms with Gasteiger partial charge < -0.3 is 10.2 Å². The van der Waals surface area contributed by atoms with Crippen LogP contribution in [0.4, 0.5) is 5.69 Å². The molecule has 1 aromatic rings. The molecule has 2 nitrogen and oxygen atoms in total. The van der Waals surface area contributed by atoms with Crippen LogP contribution >= 0.6 is 27.5 Å². The van der Waals surface area contributed by atoms with E-state index < -0.39 is 0 Å². The first kappa shape index (κ1) is 16.1. The maximum absolute atomic E-state index is 6.33. The number of halogens is 2. The molecule has 1 atom stereocenters. The molecule has 1 heterocycles. The summed E-state index contributed by atoms with van der Waals surface area (Å²) in [4.78, 5) is 2.49. The highest BCUT2D eigenvalue weighted by molar-refractivity contribution is 9.10. The minimum Gasteiger partial charge on any atom is -0.365 e. The van der Waals surface area contributed by atoms with Crippen molar-refractivity contribution in [3.63, 3.8) is 0 Å². The molecule has 1 aliphatic rings. The van der Waals surface area contributed by atoms with E-state index in [4.69, 9.17) is 11.6 Å². The van der Waals surface area contributed by atoms with Crippen molar-refractivity contribution in [1.29, 1.82) is 0 Å². The Bertz CT molecular complexity index is 486. The van der Waals surface area contributed by atoms with Crippen LogP contribution in [0.3, 0.4) is 0 Å². The van der Waals surface area contributed by atoms with Gasteiger partial charge in [-0.05, 0) is 60.3 Å². The molecular formula is C16H24BrClN2. The fraction of sp³-hybridized carbons (Fsp3) is 0.625. The summed E-state index contributed by atoms with van der Waals surface area (Å²) in [5.74, 6) is 0. The number of aryl methyl sites for hydroxylation is 1. The van der Waals surface area contributed by atoms with Gasteiger partial charge in [0.05, 0.1) is 5.69 Å². The number of rotatable bonds is 3. The van der Waals surface area contributed by atoms with Gasteiger partial charge in [0.25, 0.3) is 0 Å². The summed E-state index contributed by atoms with van der Waals surface area (Å²) in [5.41, 5.74) is 2.53. The summed E-state index contributed by atoms with van der Waals surface area (Å²) in [6.07, 6.45) is 2.29. The van der Waals surface area contributed by atoms with E-state index in [1.54, 1.807) is 0 Å². The fourth-order valence-electron chi connectivity index (χ4n) is 2.91. The third kappa shape index (κ3) is 3.00. The van der Waals surface area contributed by atoms with Crippen molar-refractivity contribution in [3.8, 4) is 0 Å². The van der Waals surface area contributed by atoms with E-state index in [1.165, 1.54) is 5.69 Å². The summed E-state index contributed by atoms with van der Waals surface area (Å²) in [6.45, 7) is 10.9. The molecule has 0 saturated carbocycles. The molecule has 0 radical (unpaired) electrons. The molecule has 1 N–H and O–H groups in total. The maximum Gasteiger partial charge on any atom is 0.0529 e. The smallest absolute Gasteiger partial charge is 0.0529 e. The Labute approximate surface area is 136 Å². The van der Waals surface area contributed by atoms with Crippen LogP contribution in [-0.2, 0) is 0 Å². The zero-order valence-electron chi connectivity index (χ0n) is 12.8. The summed E-state index contributed by atoms with van der Waals surface area (Å²) in [6, 6.07) is 4.68. The Kier molecular flexibility index (Phi) is 5.04. The second-order valence-corrected chi connectivity index (χ2v) is 7.16. The van der Waals surface area contributed by atoms with Crippen LogP contribution in [-0.4, -0.2) is 24.7 Å². The number of anilines is 1. The van der Waals surface area contributed by atoms with Gasteiger partial charge in [0, 0.05) is 34.2 Å². The standard InChI is InChI=1S/C16H24BrClN2/c1-5-16(6-2)10-20(12(4)9-19-16)15-8-14(18)11(3)7-13(15)17/h7-8,12,19H,5-6,9-10H2,1-4H3. The van der Waals surface area contributed by atoms with Crippen molar-refractivity contribution >= 4 is 33.2 Å². The number of piperazine rings is 1. The quantitative estimate of drug-likeness (QED) is 0.836. The highest BCUT2D eigenvalue weighted by Crippen LogP contribution is 2.36. The highest BCUT2D eigenvalue weighted by atomic mass is 79.9.